The van der Waals surface area contributed by atoms with Crippen LogP contribution in [0.5, 0.6) is 0 Å². The number of nitrogens with zero attached hydrogens (tertiary/aromatic N) is 3. The quantitative estimate of drug-likeness (QED) is 0.154. The number of alkyl halides is 3. The summed E-state index contributed by atoms with van der Waals surface area (Å²) in [6.07, 6.45) is 3.91. The lowest BCUT2D eigenvalue weighted by Gasteiger charge is -2.21. The minimum Gasteiger partial charge on any atom is -0.496 e. The van der Waals surface area contributed by atoms with E-state index in [4.69, 9.17) is 9.47 Å². The van der Waals surface area contributed by atoms with Gasteiger partial charge < -0.3 is 14.8 Å². The van der Waals surface area contributed by atoms with E-state index in [0.717, 1.165) is 34.8 Å². The molecule has 12 heteroatoms. The minimum absolute atomic E-state index is 0.0265. The van der Waals surface area contributed by atoms with Crippen LogP contribution in [0.25, 0.3) is 10.9 Å². The first-order valence-electron chi connectivity index (χ1n) is 14.9. The lowest BCUT2D eigenvalue weighted by molar-refractivity contribution is -0.136. The molecule has 2 aromatic rings. The minimum atomic E-state index is -4.56. The fourth-order valence-corrected chi connectivity index (χ4v) is 7.13. The molecule has 4 rings (SSSR count). The fraction of sp³-hybridized carbons (Fsp3) is 0.455. The van der Waals surface area contributed by atoms with Crippen molar-refractivity contribution in [3.8, 4) is 0 Å². The van der Waals surface area contributed by atoms with Gasteiger partial charge in [-0.05, 0) is 75.8 Å². The largest absolute Gasteiger partial charge is 0.496 e. The maximum absolute atomic E-state index is 13.7. The van der Waals surface area contributed by atoms with Gasteiger partial charge >= 0.3 is 6.18 Å². The molecule has 0 radical (unpaired) electrons. The number of ether oxygens (including phenoxy) is 2. The second-order valence-electron chi connectivity index (χ2n) is 11.5. The van der Waals surface area contributed by atoms with E-state index in [1.165, 1.54) is 13.2 Å². The zero-order chi connectivity index (χ0) is 32.9. The molecule has 1 saturated heterocycles. The van der Waals surface area contributed by atoms with Crippen molar-refractivity contribution in [3.63, 3.8) is 0 Å². The van der Waals surface area contributed by atoms with E-state index in [1.807, 2.05) is 20.8 Å². The van der Waals surface area contributed by atoms with Crippen LogP contribution in [0.3, 0.4) is 0 Å². The van der Waals surface area contributed by atoms with Gasteiger partial charge in [0, 0.05) is 38.0 Å². The number of nitrogens with one attached hydrogen (secondary N) is 1. The van der Waals surface area contributed by atoms with E-state index in [-0.39, 0.29) is 35.8 Å². The Labute approximate surface area is 263 Å². The second-order valence-corrected chi connectivity index (χ2v) is 13.5. The number of aromatic nitrogens is 2. The van der Waals surface area contributed by atoms with Gasteiger partial charge in [-0.1, -0.05) is 35.9 Å². The summed E-state index contributed by atoms with van der Waals surface area (Å²) in [5.74, 6) is 1.11. The van der Waals surface area contributed by atoms with Crippen molar-refractivity contribution < 1.29 is 31.1 Å². The second kappa shape index (κ2) is 14.3. The molecule has 1 fully saturated rings. The number of para-hydroxylation sites is 1. The average molecular weight is 647 g/mol. The van der Waals surface area contributed by atoms with Gasteiger partial charge in [0.1, 0.15) is 18.2 Å². The third kappa shape index (κ3) is 8.03. The summed E-state index contributed by atoms with van der Waals surface area (Å²) >= 11 is 0. The number of fused-ring (bicyclic) bond motifs is 1. The van der Waals surface area contributed by atoms with Crippen molar-refractivity contribution in [2.45, 2.75) is 71.7 Å². The SMILES string of the molecule is C=C(C)/C(C)=C(\OC)C1=CC=C(S(=O)(=O)N2CCC/C(=C/C[C@H](C)Nc3nc(COC)nc4c(C(F)(F)F)cccc34)CC2)C1. The molecule has 2 aliphatic rings. The van der Waals surface area contributed by atoms with Crippen molar-refractivity contribution in [1.29, 1.82) is 0 Å². The molecule has 0 spiro atoms. The molecule has 1 aliphatic carbocycles. The molecule has 1 atom stereocenters. The van der Waals surface area contributed by atoms with Gasteiger partial charge in [0.05, 0.1) is 23.1 Å². The zero-order valence-corrected chi connectivity index (χ0v) is 27.2. The summed E-state index contributed by atoms with van der Waals surface area (Å²) < 4.78 is 80.5. The number of hydrogen-bond acceptors (Lipinski definition) is 7. The molecule has 244 valence electrons. The summed E-state index contributed by atoms with van der Waals surface area (Å²) in [4.78, 5) is 8.93. The number of rotatable bonds is 11. The van der Waals surface area contributed by atoms with E-state index in [1.54, 1.807) is 29.6 Å². The number of benzene rings is 1. The third-order valence-corrected chi connectivity index (χ3v) is 10.1. The first-order valence-corrected chi connectivity index (χ1v) is 16.3. The predicted octanol–water partition coefficient (Wildman–Crippen LogP) is 7.44. The number of methoxy groups -OCH3 is 2. The molecule has 0 bridgehead atoms. The van der Waals surface area contributed by atoms with Crippen LogP contribution in [0.2, 0.25) is 0 Å². The van der Waals surface area contributed by atoms with Gasteiger partial charge in [-0.15, -0.1) is 0 Å². The average Bonchev–Trinajstić information content (AvgIpc) is 3.34. The standard InChI is InChI=1S/C33H41F3N4O4S/c1-21(2)23(4)31(44-6)25-14-15-26(19-25)45(41,42)40-17-8-9-24(16-18-40)13-12-22(3)37-32-27-10-7-11-28(33(34,35)36)30(27)38-29(39-32)20-43-5/h7,10-11,13-15,22H,1,8-9,12,16-20H2,2-6H3,(H,37,38,39)/b24-13-,31-23-/t22-/m0/s1. The topological polar surface area (TPSA) is 93.7 Å². The fourth-order valence-electron chi connectivity index (χ4n) is 5.52. The lowest BCUT2D eigenvalue weighted by Crippen LogP contribution is -2.32. The zero-order valence-electron chi connectivity index (χ0n) is 26.4. The Kier molecular flexibility index (Phi) is 10.9. The summed E-state index contributed by atoms with van der Waals surface area (Å²) in [6.45, 7) is 10.5. The van der Waals surface area contributed by atoms with Gasteiger partial charge in [-0.3, -0.25) is 0 Å². The first-order chi connectivity index (χ1) is 21.3. The molecule has 0 unspecified atom stereocenters. The molecule has 0 saturated carbocycles. The molecule has 8 nitrogen and oxygen atoms in total. The maximum Gasteiger partial charge on any atom is 0.418 e. The summed E-state index contributed by atoms with van der Waals surface area (Å²) in [5.41, 5.74) is 2.71. The van der Waals surface area contributed by atoms with Gasteiger partial charge in [-0.2, -0.15) is 17.5 Å². The van der Waals surface area contributed by atoms with Crippen LogP contribution in [-0.4, -0.2) is 56.0 Å². The van der Waals surface area contributed by atoms with Crippen molar-refractivity contribution in [1.82, 2.24) is 14.3 Å². The van der Waals surface area contributed by atoms with Crippen LogP contribution < -0.4 is 5.32 Å². The van der Waals surface area contributed by atoms with Crippen LogP contribution in [-0.2, 0) is 32.3 Å². The monoisotopic (exact) mass is 646 g/mol. The highest BCUT2D eigenvalue weighted by molar-refractivity contribution is 7.93. The number of halogens is 3. The van der Waals surface area contributed by atoms with Gasteiger partial charge in [0.15, 0.2) is 5.82 Å². The highest BCUT2D eigenvalue weighted by Gasteiger charge is 2.34. The van der Waals surface area contributed by atoms with E-state index in [2.05, 4.69) is 27.9 Å². The number of sulfonamides is 1. The third-order valence-electron chi connectivity index (χ3n) is 8.07. The molecule has 2 heterocycles. The molecule has 1 aliphatic heterocycles. The molecular formula is C33H41F3N4O4S. The molecule has 45 heavy (non-hydrogen) atoms. The number of hydrogen-bond donors (Lipinski definition) is 1. The Morgan fingerprint density at radius 2 is 1.91 bits per heavy atom. The lowest BCUT2D eigenvalue weighted by atomic mass is 10.0. The number of allylic oxidation sites excluding steroid dienone is 6. The van der Waals surface area contributed by atoms with Gasteiger partial charge in [-0.25, -0.2) is 18.4 Å². The highest BCUT2D eigenvalue weighted by Crippen LogP contribution is 2.36. The van der Waals surface area contributed by atoms with E-state index < -0.39 is 21.8 Å². The predicted molar refractivity (Wildman–Crippen MR) is 171 cm³/mol. The molecule has 1 aromatic heterocycles. The van der Waals surface area contributed by atoms with Crippen LogP contribution in [0.4, 0.5) is 19.0 Å². The Morgan fingerprint density at radius 1 is 1.16 bits per heavy atom. The Balaban J connectivity index is 1.42. The smallest absolute Gasteiger partial charge is 0.418 e. The van der Waals surface area contributed by atoms with Crippen LogP contribution in [0.1, 0.15) is 64.3 Å². The van der Waals surface area contributed by atoms with Crippen molar-refractivity contribution in [2.75, 3.05) is 32.6 Å². The molecule has 1 N–H and O–H groups in total. The van der Waals surface area contributed by atoms with Crippen LogP contribution in [0, 0.1) is 0 Å². The van der Waals surface area contributed by atoms with Gasteiger partial charge in [0.2, 0.25) is 10.0 Å². The van der Waals surface area contributed by atoms with Crippen molar-refractivity contribution >= 4 is 26.7 Å². The first kappa shape index (κ1) is 34.4. The van der Waals surface area contributed by atoms with Gasteiger partial charge in [0.25, 0.3) is 0 Å². The highest BCUT2D eigenvalue weighted by atomic mass is 32.2. The Morgan fingerprint density at radius 3 is 2.58 bits per heavy atom. The Bertz CT molecular complexity index is 1680. The number of anilines is 1. The van der Waals surface area contributed by atoms with Crippen LogP contribution in [0.15, 0.2) is 76.0 Å². The van der Waals surface area contributed by atoms with E-state index >= 15 is 0 Å². The summed E-state index contributed by atoms with van der Waals surface area (Å²) in [6, 6.07) is 3.77. The molecular weight excluding hydrogens is 605 g/mol. The van der Waals surface area contributed by atoms with E-state index in [0.29, 0.717) is 48.8 Å². The normalized spacial score (nSPS) is 18.7. The van der Waals surface area contributed by atoms with E-state index in [9.17, 15) is 21.6 Å². The Hall–Kier alpha value is -3.48. The molecule has 1 aromatic carbocycles. The summed E-state index contributed by atoms with van der Waals surface area (Å²) in [5, 5.41) is 3.54. The summed E-state index contributed by atoms with van der Waals surface area (Å²) in [7, 11) is -0.637. The van der Waals surface area contributed by atoms with Crippen LogP contribution >= 0.6 is 0 Å². The van der Waals surface area contributed by atoms with Crippen molar-refractivity contribution in [3.05, 3.63) is 87.4 Å². The van der Waals surface area contributed by atoms with Crippen molar-refractivity contribution in [2.24, 2.45) is 0 Å². The molecule has 0 amide bonds. The maximum atomic E-state index is 13.7.